The molecule has 0 amide bonds. The van der Waals surface area contributed by atoms with E-state index in [1.54, 1.807) is 6.07 Å². The Morgan fingerprint density at radius 1 is 1.06 bits per heavy atom. The van der Waals surface area contributed by atoms with Crippen LogP contribution < -0.4 is 0 Å². The molecule has 0 heterocycles. The molecule has 2 aromatic rings. The zero-order valence-electron chi connectivity index (χ0n) is 10.3. The third-order valence-corrected chi connectivity index (χ3v) is 3.14. The molecule has 0 radical (unpaired) electrons. The summed E-state index contributed by atoms with van der Waals surface area (Å²) < 4.78 is 0. The van der Waals surface area contributed by atoms with Crippen LogP contribution in [0.25, 0.3) is 11.1 Å². The molecule has 2 rings (SSSR count). The van der Waals surface area contributed by atoms with E-state index in [1.165, 1.54) is 12.1 Å². The molecule has 92 valence electrons. The van der Waals surface area contributed by atoms with Crippen molar-refractivity contribution in [2.45, 2.75) is 13.8 Å². The third kappa shape index (κ3) is 2.07. The molecule has 0 fully saturated rings. The average molecular weight is 242 g/mol. The molecule has 2 aromatic carbocycles. The van der Waals surface area contributed by atoms with Crippen LogP contribution in [0, 0.1) is 13.8 Å². The molecule has 2 N–H and O–H groups in total. The smallest absolute Gasteiger partial charge is 0.335 e. The fraction of sp³-hybridized carbons (Fsp3) is 0.133. The molecule has 0 atom stereocenters. The van der Waals surface area contributed by atoms with Crippen molar-refractivity contribution >= 4 is 5.97 Å². The summed E-state index contributed by atoms with van der Waals surface area (Å²) in [6.07, 6.45) is 0. The van der Waals surface area contributed by atoms with Gasteiger partial charge in [0.1, 0.15) is 5.75 Å². The van der Waals surface area contributed by atoms with E-state index in [0.29, 0.717) is 5.56 Å². The maximum atomic E-state index is 10.8. The minimum atomic E-state index is -1.04. The van der Waals surface area contributed by atoms with Crippen LogP contribution in [0.1, 0.15) is 21.5 Å². The lowest BCUT2D eigenvalue weighted by Gasteiger charge is -2.10. The van der Waals surface area contributed by atoms with Crippen LogP contribution in [0.15, 0.2) is 36.4 Å². The first-order valence-electron chi connectivity index (χ1n) is 5.63. The highest BCUT2D eigenvalue weighted by molar-refractivity contribution is 5.90. The molecule has 0 bridgehead atoms. The van der Waals surface area contributed by atoms with Crippen molar-refractivity contribution in [3.63, 3.8) is 0 Å². The standard InChI is InChI=1S/C15H14O3/c1-9-4-3-5-12(10(9)2)13-7-6-11(15(17)18)8-14(13)16/h3-8,16H,1-2H3,(H,17,18). The summed E-state index contributed by atoms with van der Waals surface area (Å²) in [7, 11) is 0. The second-order valence-corrected chi connectivity index (χ2v) is 4.28. The highest BCUT2D eigenvalue weighted by atomic mass is 16.4. The maximum absolute atomic E-state index is 10.8. The monoisotopic (exact) mass is 242 g/mol. The highest BCUT2D eigenvalue weighted by Gasteiger charge is 2.11. The number of aromatic hydroxyl groups is 1. The van der Waals surface area contributed by atoms with Gasteiger partial charge in [0, 0.05) is 5.56 Å². The van der Waals surface area contributed by atoms with Gasteiger partial charge in [0.15, 0.2) is 0 Å². The van der Waals surface area contributed by atoms with Crippen molar-refractivity contribution in [1.29, 1.82) is 0 Å². The van der Waals surface area contributed by atoms with Gasteiger partial charge in [0.05, 0.1) is 5.56 Å². The molecule has 0 aliphatic rings. The van der Waals surface area contributed by atoms with Crippen molar-refractivity contribution in [3.8, 4) is 16.9 Å². The van der Waals surface area contributed by atoms with Crippen LogP contribution in [0.5, 0.6) is 5.75 Å². The van der Waals surface area contributed by atoms with Crippen molar-refractivity contribution in [2.75, 3.05) is 0 Å². The Morgan fingerprint density at radius 3 is 2.39 bits per heavy atom. The number of aromatic carboxylic acids is 1. The minimum Gasteiger partial charge on any atom is -0.507 e. The lowest BCUT2D eigenvalue weighted by atomic mass is 9.95. The van der Waals surface area contributed by atoms with Crippen LogP contribution in [0.2, 0.25) is 0 Å². The fourth-order valence-electron chi connectivity index (χ4n) is 1.94. The van der Waals surface area contributed by atoms with Gasteiger partial charge in [0.2, 0.25) is 0 Å². The lowest BCUT2D eigenvalue weighted by Crippen LogP contribution is -1.96. The molecule has 0 saturated carbocycles. The van der Waals surface area contributed by atoms with Crippen LogP contribution in [0.3, 0.4) is 0 Å². The third-order valence-electron chi connectivity index (χ3n) is 3.14. The molecular formula is C15H14O3. The van der Waals surface area contributed by atoms with Crippen molar-refractivity contribution < 1.29 is 15.0 Å². The first-order valence-corrected chi connectivity index (χ1v) is 5.63. The predicted octanol–water partition coefficient (Wildman–Crippen LogP) is 3.37. The van der Waals surface area contributed by atoms with Gasteiger partial charge in [-0.15, -0.1) is 0 Å². The highest BCUT2D eigenvalue weighted by Crippen LogP contribution is 2.33. The Hall–Kier alpha value is -2.29. The van der Waals surface area contributed by atoms with E-state index in [0.717, 1.165) is 16.7 Å². The number of carbonyl (C=O) groups is 1. The molecule has 0 aliphatic heterocycles. The van der Waals surface area contributed by atoms with Gasteiger partial charge in [0.25, 0.3) is 0 Å². The summed E-state index contributed by atoms with van der Waals surface area (Å²) in [4.78, 5) is 10.8. The van der Waals surface area contributed by atoms with Gasteiger partial charge in [-0.1, -0.05) is 18.2 Å². The van der Waals surface area contributed by atoms with E-state index in [-0.39, 0.29) is 11.3 Å². The van der Waals surface area contributed by atoms with Gasteiger partial charge in [-0.2, -0.15) is 0 Å². The zero-order chi connectivity index (χ0) is 13.3. The van der Waals surface area contributed by atoms with Crippen molar-refractivity contribution in [1.82, 2.24) is 0 Å². The molecule has 18 heavy (non-hydrogen) atoms. The molecule has 3 heteroatoms. The lowest BCUT2D eigenvalue weighted by molar-refractivity contribution is 0.0696. The van der Waals surface area contributed by atoms with Gasteiger partial charge in [-0.25, -0.2) is 4.79 Å². The largest absolute Gasteiger partial charge is 0.507 e. The van der Waals surface area contributed by atoms with Gasteiger partial charge < -0.3 is 10.2 Å². The van der Waals surface area contributed by atoms with Crippen molar-refractivity contribution in [3.05, 3.63) is 53.1 Å². The topological polar surface area (TPSA) is 57.5 Å². The Kier molecular flexibility index (Phi) is 3.06. The SMILES string of the molecule is Cc1cccc(-c2ccc(C(=O)O)cc2O)c1C. The second-order valence-electron chi connectivity index (χ2n) is 4.28. The number of carboxylic acid groups (broad SMARTS) is 1. The van der Waals surface area contributed by atoms with Gasteiger partial charge in [-0.05, 0) is 48.7 Å². The summed E-state index contributed by atoms with van der Waals surface area (Å²) in [6.45, 7) is 3.98. The number of benzene rings is 2. The number of hydrogen-bond donors (Lipinski definition) is 2. The van der Waals surface area contributed by atoms with Gasteiger partial charge >= 0.3 is 5.97 Å². The molecular weight excluding hydrogens is 228 g/mol. The Balaban J connectivity index is 2.58. The van der Waals surface area contributed by atoms with Crippen LogP contribution in [-0.4, -0.2) is 16.2 Å². The first-order chi connectivity index (χ1) is 8.50. The van der Waals surface area contributed by atoms with Gasteiger partial charge in [-0.3, -0.25) is 0 Å². The summed E-state index contributed by atoms with van der Waals surface area (Å²) in [5.74, 6) is -1.05. The Labute approximate surface area is 105 Å². The van der Waals surface area contributed by atoms with E-state index >= 15 is 0 Å². The number of hydrogen-bond acceptors (Lipinski definition) is 2. The first kappa shape index (κ1) is 12.2. The summed E-state index contributed by atoms with van der Waals surface area (Å²) >= 11 is 0. The molecule has 0 aliphatic carbocycles. The molecule has 0 saturated heterocycles. The predicted molar refractivity (Wildman–Crippen MR) is 70.0 cm³/mol. The van der Waals surface area contributed by atoms with E-state index in [2.05, 4.69) is 0 Å². The van der Waals surface area contributed by atoms with Crippen LogP contribution in [0.4, 0.5) is 0 Å². The van der Waals surface area contributed by atoms with E-state index in [4.69, 9.17) is 5.11 Å². The van der Waals surface area contributed by atoms with Crippen LogP contribution >= 0.6 is 0 Å². The molecule has 0 unspecified atom stereocenters. The quantitative estimate of drug-likeness (QED) is 0.848. The summed E-state index contributed by atoms with van der Waals surface area (Å²) in [5.41, 5.74) is 3.87. The van der Waals surface area contributed by atoms with Crippen LogP contribution in [-0.2, 0) is 0 Å². The Morgan fingerprint density at radius 2 is 1.78 bits per heavy atom. The number of phenols is 1. The van der Waals surface area contributed by atoms with E-state index in [9.17, 15) is 9.90 Å². The fourth-order valence-corrected chi connectivity index (χ4v) is 1.94. The Bertz CT molecular complexity index is 615. The molecule has 3 nitrogen and oxygen atoms in total. The number of carboxylic acids is 1. The zero-order valence-corrected chi connectivity index (χ0v) is 10.3. The number of aryl methyl sites for hydroxylation is 1. The summed E-state index contributed by atoms with van der Waals surface area (Å²) in [6, 6.07) is 10.3. The number of phenolic OH excluding ortho intramolecular Hbond substituents is 1. The minimum absolute atomic E-state index is 0.0106. The molecule has 0 aromatic heterocycles. The van der Waals surface area contributed by atoms with E-state index < -0.39 is 5.97 Å². The second kappa shape index (κ2) is 4.53. The maximum Gasteiger partial charge on any atom is 0.335 e. The van der Waals surface area contributed by atoms with E-state index in [1.807, 2.05) is 32.0 Å². The normalized spacial score (nSPS) is 10.3. The number of rotatable bonds is 2. The van der Waals surface area contributed by atoms with Crippen molar-refractivity contribution in [2.24, 2.45) is 0 Å². The average Bonchev–Trinajstić information content (AvgIpc) is 2.33. The molecule has 0 spiro atoms. The summed E-state index contributed by atoms with van der Waals surface area (Å²) in [5, 5.41) is 18.8.